The predicted molar refractivity (Wildman–Crippen MR) is 78.9 cm³/mol. The Hall–Kier alpha value is -2.48. The van der Waals surface area contributed by atoms with Crippen LogP contribution in [-0.4, -0.2) is 25.7 Å². The molecule has 0 aliphatic heterocycles. The van der Waals surface area contributed by atoms with Gasteiger partial charge in [0.1, 0.15) is 5.56 Å². The summed E-state index contributed by atoms with van der Waals surface area (Å²) in [4.78, 5) is 35.8. The van der Waals surface area contributed by atoms with Gasteiger partial charge in [0.15, 0.2) is 10.8 Å². The van der Waals surface area contributed by atoms with Crippen LogP contribution in [-0.2, 0) is 6.54 Å². The normalized spacial score (nSPS) is 11.1. The van der Waals surface area contributed by atoms with Crippen LogP contribution in [0.5, 0.6) is 5.06 Å². The average Bonchev–Trinajstić information content (AvgIpc) is 2.75. The first-order chi connectivity index (χ1) is 9.93. The van der Waals surface area contributed by atoms with Crippen LogP contribution in [0.4, 0.5) is 0 Å². The number of carbonyl (C=O) groups is 1. The molecule has 0 fully saturated rings. The van der Waals surface area contributed by atoms with E-state index in [0.717, 1.165) is 11.3 Å². The molecule has 0 aliphatic rings. The van der Waals surface area contributed by atoms with Gasteiger partial charge < -0.3 is 5.11 Å². The molecule has 0 aliphatic carbocycles. The molecule has 0 spiro atoms. The first-order valence-corrected chi connectivity index (χ1v) is 6.97. The zero-order chi connectivity index (χ0) is 15.6. The number of hydrogen-bond acceptors (Lipinski definition) is 6. The van der Waals surface area contributed by atoms with Crippen LogP contribution in [0.3, 0.4) is 0 Å². The van der Waals surface area contributed by atoms with E-state index < -0.39 is 26.8 Å². The van der Waals surface area contributed by atoms with Crippen LogP contribution < -0.4 is 10.4 Å². The van der Waals surface area contributed by atoms with Crippen molar-refractivity contribution < 1.29 is 9.90 Å². The molecule has 2 rings (SSSR count). The third-order valence-electron chi connectivity index (χ3n) is 2.95. The van der Waals surface area contributed by atoms with Gasteiger partial charge in [-0.2, -0.15) is 5.10 Å². The summed E-state index contributed by atoms with van der Waals surface area (Å²) < 4.78 is 1.77. The highest BCUT2D eigenvalue weighted by atomic mass is 32.1. The van der Waals surface area contributed by atoms with Gasteiger partial charge >= 0.3 is 4.87 Å². The summed E-state index contributed by atoms with van der Waals surface area (Å²) in [7, 11) is 0. The number of aromatic hydroxyl groups is 1. The van der Waals surface area contributed by atoms with Crippen molar-refractivity contribution in [1.29, 1.82) is 0 Å². The van der Waals surface area contributed by atoms with Crippen LogP contribution in [0.2, 0.25) is 0 Å². The van der Waals surface area contributed by atoms with E-state index in [1.165, 1.54) is 12.2 Å². The summed E-state index contributed by atoms with van der Waals surface area (Å²) in [6, 6.07) is 0. The standard InChI is InChI=1S/C13H13N3O4S/c1-3-16-7(2)8(6-14-16)4-5-9(17)10-11(18)15-13(20)21-12(10)19/h4-6,19H,3H2,1-2H3,(H,15,18,20)/b5-4+. The van der Waals surface area contributed by atoms with Crippen LogP contribution in [0.1, 0.15) is 28.5 Å². The van der Waals surface area contributed by atoms with Crippen molar-refractivity contribution in [3.05, 3.63) is 49.1 Å². The number of ketones is 1. The number of aromatic nitrogens is 3. The van der Waals surface area contributed by atoms with Gasteiger partial charge in [-0.05, 0) is 37.3 Å². The second kappa shape index (κ2) is 5.88. The van der Waals surface area contributed by atoms with Gasteiger partial charge in [0.25, 0.3) is 5.56 Å². The molecule has 2 aromatic rings. The molecule has 0 bridgehead atoms. The maximum absolute atomic E-state index is 12.0. The van der Waals surface area contributed by atoms with Gasteiger partial charge in [-0.1, -0.05) is 0 Å². The van der Waals surface area contributed by atoms with E-state index in [0.29, 0.717) is 17.9 Å². The quantitative estimate of drug-likeness (QED) is 0.645. The van der Waals surface area contributed by atoms with E-state index in [2.05, 4.69) is 5.10 Å². The number of aryl methyl sites for hydroxylation is 1. The maximum atomic E-state index is 12.0. The van der Waals surface area contributed by atoms with Crippen molar-refractivity contribution in [2.24, 2.45) is 0 Å². The van der Waals surface area contributed by atoms with E-state index in [-0.39, 0.29) is 0 Å². The van der Waals surface area contributed by atoms with Gasteiger partial charge in [0, 0.05) is 17.8 Å². The average molecular weight is 307 g/mol. The lowest BCUT2D eigenvalue weighted by Crippen LogP contribution is -2.22. The number of hydrogen-bond donors (Lipinski definition) is 2. The topological polar surface area (TPSA) is 105 Å². The Morgan fingerprint density at radius 2 is 2.24 bits per heavy atom. The Kier molecular flexibility index (Phi) is 4.18. The molecule has 0 aromatic carbocycles. The van der Waals surface area contributed by atoms with E-state index in [1.54, 1.807) is 10.9 Å². The predicted octanol–water partition coefficient (Wildman–Crippen LogP) is 0.923. The fourth-order valence-electron chi connectivity index (χ4n) is 1.83. The SMILES string of the molecule is CCn1ncc(/C=C/C(=O)c2c(O)sc(=O)[nH]c2=O)c1C. The van der Waals surface area contributed by atoms with Gasteiger partial charge in [-0.15, -0.1) is 0 Å². The summed E-state index contributed by atoms with van der Waals surface area (Å²) in [5, 5.41) is 13.1. The first kappa shape index (κ1) is 14.9. The lowest BCUT2D eigenvalue weighted by molar-refractivity contribution is 0.104. The number of H-pyrrole nitrogens is 1. The molecule has 0 amide bonds. The summed E-state index contributed by atoms with van der Waals surface area (Å²) >= 11 is 0.407. The summed E-state index contributed by atoms with van der Waals surface area (Å²) in [6.07, 6.45) is 4.30. The largest absolute Gasteiger partial charge is 0.499 e. The van der Waals surface area contributed by atoms with E-state index in [4.69, 9.17) is 0 Å². The fourth-order valence-corrected chi connectivity index (χ4v) is 2.44. The van der Waals surface area contributed by atoms with Crippen LogP contribution >= 0.6 is 11.3 Å². The van der Waals surface area contributed by atoms with Crippen molar-refractivity contribution in [3.63, 3.8) is 0 Å². The summed E-state index contributed by atoms with van der Waals surface area (Å²) in [5.74, 6) is -0.673. The number of rotatable bonds is 4. The molecule has 21 heavy (non-hydrogen) atoms. The molecule has 0 atom stereocenters. The molecular formula is C13H13N3O4S. The molecular weight excluding hydrogens is 294 g/mol. The van der Waals surface area contributed by atoms with Crippen molar-refractivity contribution in [1.82, 2.24) is 14.8 Å². The smallest absolute Gasteiger partial charge is 0.310 e. The second-order valence-electron chi connectivity index (χ2n) is 4.22. The van der Waals surface area contributed by atoms with Gasteiger partial charge in [0.2, 0.25) is 0 Å². The number of allylic oxidation sites excluding steroid dienone is 1. The Balaban J connectivity index is 2.34. The summed E-state index contributed by atoms with van der Waals surface area (Å²) in [6.45, 7) is 4.52. The molecule has 8 heteroatoms. The monoisotopic (exact) mass is 307 g/mol. The van der Waals surface area contributed by atoms with Crippen LogP contribution in [0, 0.1) is 6.92 Å². The highest BCUT2D eigenvalue weighted by molar-refractivity contribution is 7.11. The zero-order valence-corrected chi connectivity index (χ0v) is 12.2. The number of carbonyl (C=O) groups excluding carboxylic acids is 1. The lowest BCUT2D eigenvalue weighted by Gasteiger charge is -1.99. The third kappa shape index (κ3) is 3.00. The molecule has 2 aromatic heterocycles. The van der Waals surface area contributed by atoms with E-state index in [1.807, 2.05) is 18.8 Å². The number of nitrogens with zero attached hydrogens (tertiary/aromatic N) is 2. The van der Waals surface area contributed by atoms with Crippen molar-refractivity contribution in [2.45, 2.75) is 20.4 Å². The Morgan fingerprint density at radius 1 is 1.52 bits per heavy atom. The molecule has 0 saturated carbocycles. The highest BCUT2D eigenvalue weighted by Gasteiger charge is 2.15. The fraction of sp³-hybridized carbons (Fsp3) is 0.231. The minimum atomic E-state index is -0.896. The number of aromatic amines is 1. The van der Waals surface area contributed by atoms with Crippen LogP contribution in [0.15, 0.2) is 21.9 Å². The minimum Gasteiger partial charge on any atom is -0.499 e. The van der Waals surface area contributed by atoms with Crippen LogP contribution in [0.25, 0.3) is 6.08 Å². The van der Waals surface area contributed by atoms with Crippen molar-refractivity contribution in [3.8, 4) is 5.06 Å². The second-order valence-corrected chi connectivity index (χ2v) is 5.18. The van der Waals surface area contributed by atoms with E-state index in [9.17, 15) is 19.5 Å². The Bertz CT molecular complexity index is 829. The molecule has 2 N–H and O–H groups in total. The Labute approximate surface area is 123 Å². The maximum Gasteiger partial charge on any atom is 0.310 e. The van der Waals surface area contributed by atoms with Gasteiger partial charge in [-0.3, -0.25) is 24.0 Å². The Morgan fingerprint density at radius 3 is 2.81 bits per heavy atom. The lowest BCUT2D eigenvalue weighted by atomic mass is 10.1. The molecule has 0 radical (unpaired) electrons. The minimum absolute atomic E-state index is 0.407. The molecule has 7 nitrogen and oxygen atoms in total. The molecule has 2 heterocycles. The van der Waals surface area contributed by atoms with Gasteiger partial charge in [0.05, 0.1) is 6.20 Å². The number of nitrogens with one attached hydrogen (secondary N) is 1. The first-order valence-electron chi connectivity index (χ1n) is 6.15. The molecule has 0 saturated heterocycles. The highest BCUT2D eigenvalue weighted by Crippen LogP contribution is 2.16. The molecule has 0 unspecified atom stereocenters. The van der Waals surface area contributed by atoms with Crippen molar-refractivity contribution >= 4 is 23.2 Å². The third-order valence-corrected chi connectivity index (χ3v) is 3.63. The summed E-state index contributed by atoms with van der Waals surface area (Å²) in [5.41, 5.74) is 0.297. The van der Waals surface area contributed by atoms with Gasteiger partial charge in [-0.25, -0.2) is 0 Å². The van der Waals surface area contributed by atoms with Crippen molar-refractivity contribution in [2.75, 3.05) is 0 Å². The zero-order valence-electron chi connectivity index (χ0n) is 11.4. The molecule has 110 valence electrons. The van der Waals surface area contributed by atoms with E-state index >= 15 is 0 Å².